The molecule has 0 unspecified atom stereocenters. The summed E-state index contributed by atoms with van der Waals surface area (Å²) in [5.41, 5.74) is 4.04. The van der Waals surface area contributed by atoms with Gasteiger partial charge < -0.3 is 14.5 Å². The van der Waals surface area contributed by atoms with Crippen molar-refractivity contribution in [3.05, 3.63) is 65.2 Å². The van der Waals surface area contributed by atoms with Crippen LogP contribution in [0.1, 0.15) is 17.5 Å². The van der Waals surface area contributed by atoms with Crippen LogP contribution in [0.15, 0.2) is 54.0 Å². The second kappa shape index (κ2) is 8.70. The molecule has 4 nitrogen and oxygen atoms in total. The molecule has 2 aliphatic heterocycles. The Balaban J connectivity index is 1.08. The SMILES string of the molecule is CN1C=Cc2ccc(OCCCN3CCN(c4cccc5sccc45)CC3)cc2C1. The van der Waals surface area contributed by atoms with Gasteiger partial charge in [-0.2, -0.15) is 0 Å². The van der Waals surface area contributed by atoms with Crippen LogP contribution in [0.3, 0.4) is 0 Å². The summed E-state index contributed by atoms with van der Waals surface area (Å²) >= 11 is 1.83. The molecule has 0 spiro atoms. The van der Waals surface area contributed by atoms with E-state index in [-0.39, 0.29) is 0 Å². The van der Waals surface area contributed by atoms with Crippen molar-refractivity contribution in [2.75, 3.05) is 51.3 Å². The Bertz CT molecular complexity index is 1040. The van der Waals surface area contributed by atoms with E-state index in [0.717, 1.165) is 58.0 Å². The highest BCUT2D eigenvalue weighted by molar-refractivity contribution is 7.17. The fourth-order valence-corrected chi connectivity index (χ4v) is 5.25. The zero-order valence-electron chi connectivity index (χ0n) is 17.6. The molecule has 3 aromatic rings. The van der Waals surface area contributed by atoms with Crippen LogP contribution < -0.4 is 9.64 Å². The molecule has 156 valence electrons. The Morgan fingerprint density at radius 2 is 1.93 bits per heavy atom. The molecule has 0 saturated carbocycles. The van der Waals surface area contributed by atoms with Gasteiger partial charge >= 0.3 is 0 Å². The maximum atomic E-state index is 6.05. The van der Waals surface area contributed by atoms with Crippen molar-refractivity contribution in [2.24, 2.45) is 0 Å². The smallest absolute Gasteiger partial charge is 0.119 e. The van der Waals surface area contributed by atoms with Crippen LogP contribution in [0.5, 0.6) is 5.75 Å². The lowest BCUT2D eigenvalue weighted by Crippen LogP contribution is -2.46. The van der Waals surface area contributed by atoms with Crippen LogP contribution in [0, 0.1) is 0 Å². The van der Waals surface area contributed by atoms with Gasteiger partial charge in [0.2, 0.25) is 0 Å². The van der Waals surface area contributed by atoms with E-state index in [1.807, 2.05) is 11.3 Å². The molecule has 1 saturated heterocycles. The van der Waals surface area contributed by atoms with Gasteiger partial charge in [0.05, 0.1) is 6.61 Å². The van der Waals surface area contributed by atoms with Gasteiger partial charge in [0.25, 0.3) is 0 Å². The lowest BCUT2D eigenvalue weighted by Gasteiger charge is -2.36. The van der Waals surface area contributed by atoms with Crippen molar-refractivity contribution in [3.63, 3.8) is 0 Å². The highest BCUT2D eigenvalue weighted by Crippen LogP contribution is 2.31. The quantitative estimate of drug-likeness (QED) is 0.529. The minimum absolute atomic E-state index is 0.777. The maximum Gasteiger partial charge on any atom is 0.119 e. The number of hydrogen-bond donors (Lipinski definition) is 0. The number of anilines is 1. The Morgan fingerprint density at radius 1 is 1.03 bits per heavy atom. The lowest BCUT2D eigenvalue weighted by molar-refractivity contribution is 0.224. The average molecular weight is 420 g/mol. The number of nitrogens with zero attached hydrogens (tertiary/aromatic N) is 3. The van der Waals surface area contributed by atoms with Crippen molar-refractivity contribution in [2.45, 2.75) is 13.0 Å². The maximum absolute atomic E-state index is 6.05. The van der Waals surface area contributed by atoms with E-state index in [9.17, 15) is 0 Å². The molecule has 0 radical (unpaired) electrons. The summed E-state index contributed by atoms with van der Waals surface area (Å²) in [6, 6.07) is 15.4. The molecule has 2 aromatic carbocycles. The predicted octanol–water partition coefficient (Wildman–Crippen LogP) is 4.91. The Labute approximate surface area is 183 Å². The van der Waals surface area contributed by atoms with Gasteiger partial charge in [0, 0.05) is 62.1 Å². The normalized spacial score (nSPS) is 16.8. The zero-order chi connectivity index (χ0) is 20.3. The lowest BCUT2D eigenvalue weighted by atomic mass is 10.0. The number of piperazine rings is 1. The number of fused-ring (bicyclic) bond motifs is 2. The third-order valence-electron chi connectivity index (χ3n) is 6.12. The van der Waals surface area contributed by atoms with E-state index < -0.39 is 0 Å². The van der Waals surface area contributed by atoms with E-state index in [0.29, 0.717) is 0 Å². The first-order valence-corrected chi connectivity index (χ1v) is 11.7. The Morgan fingerprint density at radius 3 is 2.83 bits per heavy atom. The molecule has 0 aliphatic carbocycles. The number of rotatable bonds is 6. The highest BCUT2D eigenvalue weighted by Gasteiger charge is 2.18. The average Bonchev–Trinajstić information content (AvgIpc) is 3.26. The van der Waals surface area contributed by atoms with Crippen LogP contribution in [0.2, 0.25) is 0 Å². The summed E-state index contributed by atoms with van der Waals surface area (Å²) in [5, 5.41) is 3.60. The first-order valence-electron chi connectivity index (χ1n) is 10.8. The molecular weight excluding hydrogens is 390 g/mol. The minimum Gasteiger partial charge on any atom is -0.494 e. The van der Waals surface area contributed by atoms with Gasteiger partial charge in [0.1, 0.15) is 5.75 Å². The monoisotopic (exact) mass is 419 g/mol. The Kier molecular flexibility index (Phi) is 5.65. The molecule has 0 amide bonds. The summed E-state index contributed by atoms with van der Waals surface area (Å²) in [7, 11) is 2.10. The van der Waals surface area contributed by atoms with Crippen LogP contribution in [-0.4, -0.2) is 56.2 Å². The van der Waals surface area contributed by atoms with Gasteiger partial charge in [-0.25, -0.2) is 0 Å². The van der Waals surface area contributed by atoms with E-state index >= 15 is 0 Å². The van der Waals surface area contributed by atoms with E-state index in [1.54, 1.807) is 0 Å². The molecule has 5 heteroatoms. The molecule has 0 atom stereocenters. The molecule has 1 fully saturated rings. The molecule has 3 heterocycles. The van der Waals surface area contributed by atoms with Crippen LogP contribution in [0.4, 0.5) is 5.69 Å². The van der Waals surface area contributed by atoms with Crippen LogP contribution >= 0.6 is 11.3 Å². The molecule has 5 rings (SSSR count). The summed E-state index contributed by atoms with van der Waals surface area (Å²) in [4.78, 5) is 7.31. The molecule has 0 bridgehead atoms. The Hall–Kier alpha value is -2.50. The summed E-state index contributed by atoms with van der Waals surface area (Å²) < 4.78 is 7.44. The fourth-order valence-electron chi connectivity index (χ4n) is 4.44. The van der Waals surface area contributed by atoms with Crippen LogP contribution in [0.25, 0.3) is 16.2 Å². The summed E-state index contributed by atoms with van der Waals surface area (Å²) in [6.45, 7) is 7.28. The van der Waals surface area contributed by atoms with Gasteiger partial charge in [0.15, 0.2) is 0 Å². The van der Waals surface area contributed by atoms with Gasteiger partial charge in [-0.3, -0.25) is 4.90 Å². The number of benzene rings is 2. The van der Waals surface area contributed by atoms with E-state index in [1.165, 1.54) is 26.9 Å². The van der Waals surface area contributed by atoms with Crippen molar-refractivity contribution in [3.8, 4) is 5.75 Å². The standard InChI is InChI=1S/C25H29N3OS/c1-26-11-8-20-6-7-22(18-21(20)19-26)29-16-3-10-27-12-14-28(15-13-27)24-4-2-5-25-23(24)9-17-30-25/h2,4-9,11,17-18H,3,10,12-16,19H2,1H3. The van der Waals surface area contributed by atoms with Gasteiger partial charge in [-0.05, 0) is 65.5 Å². The molecular formula is C25H29N3OS. The number of ether oxygens (including phenoxy) is 1. The molecule has 30 heavy (non-hydrogen) atoms. The number of hydrogen-bond acceptors (Lipinski definition) is 5. The zero-order valence-corrected chi connectivity index (χ0v) is 18.4. The van der Waals surface area contributed by atoms with Crippen LogP contribution in [-0.2, 0) is 6.54 Å². The summed E-state index contributed by atoms with van der Waals surface area (Å²) in [5.74, 6) is 0.992. The van der Waals surface area contributed by atoms with Gasteiger partial charge in [-0.15, -0.1) is 11.3 Å². The second-order valence-corrected chi connectivity index (χ2v) is 9.18. The largest absolute Gasteiger partial charge is 0.494 e. The van der Waals surface area contributed by atoms with Gasteiger partial charge in [-0.1, -0.05) is 12.1 Å². The molecule has 1 aromatic heterocycles. The highest BCUT2D eigenvalue weighted by atomic mass is 32.1. The van der Waals surface area contributed by atoms with Crippen molar-refractivity contribution in [1.82, 2.24) is 9.80 Å². The van der Waals surface area contributed by atoms with E-state index in [4.69, 9.17) is 4.74 Å². The predicted molar refractivity (Wildman–Crippen MR) is 128 cm³/mol. The first kappa shape index (κ1) is 19.5. The third-order valence-corrected chi connectivity index (χ3v) is 7.00. The minimum atomic E-state index is 0.777. The van der Waals surface area contributed by atoms with Crippen molar-refractivity contribution >= 4 is 33.2 Å². The second-order valence-electron chi connectivity index (χ2n) is 8.23. The van der Waals surface area contributed by atoms with Crippen molar-refractivity contribution in [1.29, 1.82) is 0 Å². The topological polar surface area (TPSA) is 19.0 Å². The molecule has 2 aliphatic rings. The van der Waals surface area contributed by atoms with Crippen molar-refractivity contribution < 1.29 is 4.74 Å². The summed E-state index contributed by atoms with van der Waals surface area (Å²) in [6.07, 6.45) is 5.36. The first-order chi connectivity index (χ1) is 14.8. The van der Waals surface area contributed by atoms with E-state index in [2.05, 4.69) is 81.9 Å². The molecule has 0 N–H and O–H groups in total. The fraction of sp³-hybridized carbons (Fsp3) is 0.360. The third kappa shape index (κ3) is 4.18. The number of thiophene rings is 1.